The van der Waals surface area contributed by atoms with Crippen LogP contribution >= 0.6 is 0 Å². The molecular formula is C19H29N3O2. The van der Waals surface area contributed by atoms with Gasteiger partial charge in [-0.1, -0.05) is 44.2 Å². The minimum atomic E-state index is -0.259. The Morgan fingerprint density at radius 1 is 1.08 bits per heavy atom. The number of carbonyl (C=O) groups is 2. The molecule has 1 aromatic carbocycles. The van der Waals surface area contributed by atoms with Gasteiger partial charge in [-0.15, -0.1) is 0 Å². The number of amides is 2. The molecule has 0 aliphatic carbocycles. The summed E-state index contributed by atoms with van der Waals surface area (Å²) < 4.78 is 0. The fourth-order valence-corrected chi connectivity index (χ4v) is 3.18. The van der Waals surface area contributed by atoms with Crippen molar-refractivity contribution in [1.82, 2.24) is 15.1 Å². The average molecular weight is 331 g/mol. The monoisotopic (exact) mass is 331 g/mol. The van der Waals surface area contributed by atoms with Crippen molar-refractivity contribution in [2.24, 2.45) is 5.92 Å². The normalized spacial score (nSPS) is 16.9. The lowest BCUT2D eigenvalue weighted by molar-refractivity contribution is -0.133. The smallest absolute Gasteiger partial charge is 0.225 e. The molecule has 1 aromatic rings. The molecule has 1 N–H and O–H groups in total. The number of nitrogens with one attached hydrogen (secondary N) is 1. The van der Waals surface area contributed by atoms with Crippen LogP contribution in [0.15, 0.2) is 30.3 Å². The third-order valence-corrected chi connectivity index (χ3v) is 4.31. The molecule has 1 aliphatic heterocycles. The third-order valence-electron chi connectivity index (χ3n) is 4.31. The van der Waals surface area contributed by atoms with Gasteiger partial charge in [0, 0.05) is 39.6 Å². The SMILES string of the molecule is CC(=O)NC(CC(=O)N1CCN(CC(C)C)CC1)c1ccccc1. The summed E-state index contributed by atoms with van der Waals surface area (Å²) >= 11 is 0. The maximum Gasteiger partial charge on any atom is 0.225 e. The highest BCUT2D eigenvalue weighted by Crippen LogP contribution is 2.18. The number of rotatable bonds is 6. The first-order valence-corrected chi connectivity index (χ1v) is 8.78. The topological polar surface area (TPSA) is 52.7 Å². The molecule has 1 saturated heterocycles. The number of hydrogen-bond acceptors (Lipinski definition) is 3. The zero-order chi connectivity index (χ0) is 17.5. The first-order chi connectivity index (χ1) is 11.5. The van der Waals surface area contributed by atoms with Gasteiger partial charge in [-0.05, 0) is 11.5 Å². The van der Waals surface area contributed by atoms with Crippen molar-refractivity contribution < 1.29 is 9.59 Å². The summed E-state index contributed by atoms with van der Waals surface area (Å²) in [6.07, 6.45) is 0.313. The summed E-state index contributed by atoms with van der Waals surface area (Å²) in [5.74, 6) is 0.648. The Morgan fingerprint density at radius 3 is 2.25 bits per heavy atom. The molecule has 1 atom stereocenters. The molecule has 0 radical (unpaired) electrons. The van der Waals surface area contributed by atoms with Crippen LogP contribution in [0.2, 0.25) is 0 Å². The van der Waals surface area contributed by atoms with Crippen molar-refractivity contribution in [2.75, 3.05) is 32.7 Å². The molecule has 0 spiro atoms. The maximum absolute atomic E-state index is 12.6. The minimum Gasteiger partial charge on any atom is -0.349 e. The van der Waals surface area contributed by atoms with Gasteiger partial charge in [0.25, 0.3) is 0 Å². The number of hydrogen-bond donors (Lipinski definition) is 1. The van der Waals surface area contributed by atoms with Gasteiger partial charge < -0.3 is 10.2 Å². The number of carbonyl (C=O) groups excluding carboxylic acids is 2. The first-order valence-electron chi connectivity index (χ1n) is 8.78. The van der Waals surface area contributed by atoms with Gasteiger partial charge in [0.05, 0.1) is 12.5 Å². The largest absolute Gasteiger partial charge is 0.349 e. The lowest BCUT2D eigenvalue weighted by Crippen LogP contribution is -2.50. The van der Waals surface area contributed by atoms with Crippen LogP contribution in [-0.2, 0) is 9.59 Å². The van der Waals surface area contributed by atoms with Crippen molar-refractivity contribution >= 4 is 11.8 Å². The van der Waals surface area contributed by atoms with E-state index in [0.717, 1.165) is 38.3 Å². The van der Waals surface area contributed by atoms with Gasteiger partial charge >= 0.3 is 0 Å². The van der Waals surface area contributed by atoms with Gasteiger partial charge in [-0.2, -0.15) is 0 Å². The first kappa shape index (κ1) is 18.5. The standard InChI is InChI=1S/C19H29N3O2/c1-15(2)14-21-9-11-22(12-10-21)19(24)13-18(20-16(3)23)17-7-5-4-6-8-17/h4-8,15,18H,9-14H2,1-3H3,(H,20,23). The van der Waals surface area contributed by atoms with Crippen molar-refractivity contribution in [1.29, 1.82) is 0 Å². The molecule has 0 aromatic heterocycles. The van der Waals surface area contributed by atoms with Crippen LogP contribution in [-0.4, -0.2) is 54.3 Å². The molecule has 1 heterocycles. The van der Waals surface area contributed by atoms with Crippen molar-refractivity contribution in [3.05, 3.63) is 35.9 Å². The molecule has 5 nitrogen and oxygen atoms in total. The molecular weight excluding hydrogens is 302 g/mol. The molecule has 0 bridgehead atoms. The van der Waals surface area contributed by atoms with E-state index in [1.165, 1.54) is 6.92 Å². The highest BCUT2D eigenvalue weighted by Gasteiger charge is 2.24. The summed E-state index contributed by atoms with van der Waals surface area (Å²) in [5, 5.41) is 2.90. The number of piperazine rings is 1. The second-order valence-electron chi connectivity index (χ2n) is 6.94. The van der Waals surface area contributed by atoms with Crippen LogP contribution in [0, 0.1) is 5.92 Å². The van der Waals surface area contributed by atoms with Crippen molar-refractivity contribution in [3.63, 3.8) is 0 Å². The fraction of sp³-hybridized carbons (Fsp3) is 0.579. The average Bonchev–Trinajstić information content (AvgIpc) is 2.54. The predicted octanol–water partition coefficient (Wildman–Crippen LogP) is 2.05. The minimum absolute atomic E-state index is 0.113. The van der Waals surface area contributed by atoms with E-state index in [1.54, 1.807) is 0 Å². The highest BCUT2D eigenvalue weighted by molar-refractivity contribution is 5.79. The highest BCUT2D eigenvalue weighted by atomic mass is 16.2. The van der Waals surface area contributed by atoms with E-state index in [0.29, 0.717) is 12.3 Å². The molecule has 1 aliphatic rings. The van der Waals surface area contributed by atoms with Crippen molar-refractivity contribution in [2.45, 2.75) is 33.2 Å². The second kappa shape index (κ2) is 8.83. The zero-order valence-electron chi connectivity index (χ0n) is 15.0. The van der Waals surface area contributed by atoms with Crippen LogP contribution in [0.1, 0.15) is 38.8 Å². The summed E-state index contributed by atoms with van der Waals surface area (Å²) in [6.45, 7) is 10.4. The van der Waals surface area contributed by atoms with E-state index in [4.69, 9.17) is 0 Å². The van der Waals surface area contributed by atoms with Crippen molar-refractivity contribution in [3.8, 4) is 0 Å². The van der Waals surface area contributed by atoms with E-state index in [9.17, 15) is 9.59 Å². The van der Waals surface area contributed by atoms with Gasteiger partial charge in [0.15, 0.2) is 0 Å². The van der Waals surface area contributed by atoms with Crippen LogP contribution in [0.25, 0.3) is 0 Å². The van der Waals surface area contributed by atoms with Gasteiger partial charge in [0.1, 0.15) is 0 Å². The van der Waals surface area contributed by atoms with Gasteiger partial charge in [-0.25, -0.2) is 0 Å². The van der Waals surface area contributed by atoms with E-state index in [2.05, 4.69) is 24.1 Å². The van der Waals surface area contributed by atoms with Crippen LogP contribution in [0.3, 0.4) is 0 Å². The molecule has 5 heteroatoms. The fourth-order valence-electron chi connectivity index (χ4n) is 3.18. The summed E-state index contributed by atoms with van der Waals surface area (Å²) in [7, 11) is 0. The molecule has 1 fully saturated rings. The van der Waals surface area contributed by atoms with E-state index in [-0.39, 0.29) is 17.9 Å². The molecule has 2 amide bonds. The Balaban J connectivity index is 1.92. The van der Waals surface area contributed by atoms with Crippen LogP contribution < -0.4 is 5.32 Å². The molecule has 0 saturated carbocycles. The second-order valence-corrected chi connectivity index (χ2v) is 6.94. The molecule has 1 unspecified atom stereocenters. The summed E-state index contributed by atoms with van der Waals surface area (Å²) in [6, 6.07) is 9.44. The van der Waals surface area contributed by atoms with E-state index in [1.807, 2.05) is 35.2 Å². The van der Waals surface area contributed by atoms with E-state index < -0.39 is 0 Å². The van der Waals surface area contributed by atoms with Gasteiger partial charge in [0.2, 0.25) is 11.8 Å². The van der Waals surface area contributed by atoms with Crippen LogP contribution in [0.4, 0.5) is 0 Å². The number of benzene rings is 1. The Morgan fingerprint density at radius 2 is 1.71 bits per heavy atom. The molecule has 2 rings (SSSR count). The Hall–Kier alpha value is -1.88. The summed E-state index contributed by atoms with van der Waals surface area (Å²) in [5.41, 5.74) is 0.972. The third kappa shape index (κ3) is 5.64. The van der Waals surface area contributed by atoms with Gasteiger partial charge in [-0.3, -0.25) is 14.5 Å². The quantitative estimate of drug-likeness (QED) is 0.868. The molecule has 24 heavy (non-hydrogen) atoms. The maximum atomic E-state index is 12.6. The lowest BCUT2D eigenvalue weighted by Gasteiger charge is -2.36. The van der Waals surface area contributed by atoms with Crippen LogP contribution in [0.5, 0.6) is 0 Å². The Labute approximate surface area is 145 Å². The Kier molecular flexibility index (Phi) is 6.79. The number of nitrogens with zero attached hydrogens (tertiary/aromatic N) is 2. The molecule has 132 valence electrons. The Bertz CT molecular complexity index is 537. The zero-order valence-corrected chi connectivity index (χ0v) is 15.0. The predicted molar refractivity (Wildman–Crippen MR) is 95.5 cm³/mol. The van der Waals surface area contributed by atoms with E-state index >= 15 is 0 Å². The lowest BCUT2D eigenvalue weighted by atomic mass is 10.0. The summed E-state index contributed by atoms with van der Waals surface area (Å²) in [4.78, 5) is 28.5.